The van der Waals surface area contributed by atoms with E-state index in [0.29, 0.717) is 48.9 Å². The topological polar surface area (TPSA) is 131 Å². The Morgan fingerprint density at radius 1 is 1.00 bits per heavy atom. The number of rotatable bonds is 16. The number of carbonyl (C=O) groups is 1. The normalized spacial score (nSPS) is 14.5. The molecule has 0 spiro atoms. The van der Waals surface area contributed by atoms with Gasteiger partial charge in [0.25, 0.3) is 0 Å². The van der Waals surface area contributed by atoms with Crippen molar-refractivity contribution in [3.8, 4) is 11.5 Å². The Bertz CT molecular complexity index is 1440. The molecule has 4 rings (SSSR count). The zero-order valence-corrected chi connectivity index (χ0v) is 25.4. The highest BCUT2D eigenvalue weighted by Crippen LogP contribution is 2.30. The first-order chi connectivity index (χ1) is 20.8. The number of esters is 1. The maximum Gasteiger partial charge on any atom is 0.308 e. The third-order valence-electron chi connectivity index (χ3n) is 7.48. The van der Waals surface area contributed by atoms with Crippen LogP contribution in [-0.4, -0.2) is 56.2 Å². The standard InChI is InChI=1S/C33H41NO8S/c1-24(36)42-33-14-11-27(20-28(33)22-35)32(37)21-34-16-15-25-9-12-29(13-10-25)41-18-17-40-23-26-5-4-8-31(19-26)43(38,39)30-6-2-3-7-30/h4-5,8-14,19-20,30,32,34-35,37H,2-3,6-7,15-18,21-23H2,1H3/t32-/m0/s1. The third-order valence-corrected chi connectivity index (χ3v) is 9.74. The van der Waals surface area contributed by atoms with E-state index in [9.17, 15) is 23.4 Å². The number of sulfone groups is 1. The Kier molecular flexibility index (Phi) is 12.1. The van der Waals surface area contributed by atoms with Crippen molar-refractivity contribution >= 4 is 15.8 Å². The van der Waals surface area contributed by atoms with E-state index < -0.39 is 21.9 Å². The Hall–Kier alpha value is -3.28. The zero-order chi connectivity index (χ0) is 30.7. The molecule has 9 nitrogen and oxygen atoms in total. The monoisotopic (exact) mass is 611 g/mol. The van der Waals surface area contributed by atoms with Crippen molar-refractivity contribution < 1.29 is 37.6 Å². The molecule has 0 aliphatic heterocycles. The zero-order valence-electron chi connectivity index (χ0n) is 24.5. The highest BCUT2D eigenvalue weighted by Gasteiger charge is 2.30. The van der Waals surface area contributed by atoms with Gasteiger partial charge >= 0.3 is 5.97 Å². The van der Waals surface area contributed by atoms with Gasteiger partial charge in [-0.3, -0.25) is 4.79 Å². The number of benzene rings is 3. The first-order valence-corrected chi connectivity index (χ1v) is 16.2. The highest BCUT2D eigenvalue weighted by molar-refractivity contribution is 7.92. The Balaban J connectivity index is 1.13. The van der Waals surface area contributed by atoms with Crippen LogP contribution in [0.2, 0.25) is 0 Å². The van der Waals surface area contributed by atoms with Crippen LogP contribution < -0.4 is 14.8 Å². The molecule has 232 valence electrons. The van der Waals surface area contributed by atoms with Crippen molar-refractivity contribution in [2.75, 3.05) is 26.3 Å². The minimum absolute atomic E-state index is 0.264. The molecule has 3 aromatic carbocycles. The van der Waals surface area contributed by atoms with E-state index in [0.717, 1.165) is 49.0 Å². The van der Waals surface area contributed by atoms with Crippen LogP contribution in [0.5, 0.6) is 11.5 Å². The molecule has 1 atom stereocenters. The molecule has 1 saturated carbocycles. The van der Waals surface area contributed by atoms with Crippen molar-refractivity contribution in [3.05, 3.63) is 89.0 Å². The fourth-order valence-corrected chi connectivity index (χ4v) is 7.06. The summed E-state index contributed by atoms with van der Waals surface area (Å²) in [5.74, 6) is 0.549. The van der Waals surface area contributed by atoms with E-state index in [1.54, 1.807) is 36.4 Å². The summed E-state index contributed by atoms with van der Waals surface area (Å²) in [6.07, 6.45) is 3.43. The SMILES string of the molecule is CC(=O)Oc1ccc([C@@H](O)CNCCc2ccc(OCCOCc3cccc(S(=O)(=O)C4CCCC4)c3)cc2)cc1CO. The Labute approximate surface area is 253 Å². The van der Waals surface area contributed by atoms with Gasteiger partial charge in [-0.15, -0.1) is 0 Å². The van der Waals surface area contributed by atoms with E-state index in [1.807, 2.05) is 30.3 Å². The number of ether oxygens (including phenoxy) is 3. The lowest BCUT2D eigenvalue weighted by atomic mass is 10.0. The van der Waals surface area contributed by atoms with Gasteiger partial charge in [0.2, 0.25) is 0 Å². The summed E-state index contributed by atoms with van der Waals surface area (Å²) in [6.45, 7) is 3.06. The molecule has 1 aliphatic rings. The molecular weight excluding hydrogens is 570 g/mol. The molecule has 1 fully saturated rings. The Morgan fingerprint density at radius 3 is 2.49 bits per heavy atom. The van der Waals surface area contributed by atoms with Crippen LogP contribution in [0.15, 0.2) is 71.6 Å². The van der Waals surface area contributed by atoms with Crippen LogP contribution in [0.3, 0.4) is 0 Å². The molecular formula is C33H41NO8S. The largest absolute Gasteiger partial charge is 0.491 e. The lowest BCUT2D eigenvalue weighted by Crippen LogP contribution is -2.24. The Morgan fingerprint density at radius 2 is 1.77 bits per heavy atom. The first kappa shape index (κ1) is 32.6. The second kappa shape index (κ2) is 16.0. The quantitative estimate of drug-likeness (QED) is 0.123. The van der Waals surface area contributed by atoms with Crippen molar-refractivity contribution in [1.82, 2.24) is 5.32 Å². The van der Waals surface area contributed by atoms with E-state index in [1.165, 1.54) is 6.92 Å². The number of hydrogen-bond donors (Lipinski definition) is 3. The average Bonchev–Trinajstić information content (AvgIpc) is 3.56. The molecule has 1 aliphatic carbocycles. The maximum absolute atomic E-state index is 12.9. The van der Waals surface area contributed by atoms with Gasteiger partial charge < -0.3 is 29.7 Å². The van der Waals surface area contributed by atoms with Crippen molar-refractivity contribution in [3.63, 3.8) is 0 Å². The van der Waals surface area contributed by atoms with Crippen LogP contribution in [0.1, 0.15) is 61.0 Å². The first-order valence-electron chi connectivity index (χ1n) is 14.7. The molecule has 0 aromatic heterocycles. The summed E-state index contributed by atoms with van der Waals surface area (Å²) in [4.78, 5) is 11.6. The second-order valence-electron chi connectivity index (χ2n) is 10.7. The van der Waals surface area contributed by atoms with Crippen LogP contribution >= 0.6 is 0 Å². The fraction of sp³-hybridized carbons (Fsp3) is 0.424. The van der Waals surface area contributed by atoms with E-state index in [2.05, 4.69) is 5.32 Å². The molecule has 0 heterocycles. The minimum Gasteiger partial charge on any atom is -0.491 e. The number of carbonyl (C=O) groups excluding carboxylic acids is 1. The summed E-state index contributed by atoms with van der Waals surface area (Å²) >= 11 is 0. The van der Waals surface area contributed by atoms with Crippen LogP contribution in [0.4, 0.5) is 0 Å². The van der Waals surface area contributed by atoms with Gasteiger partial charge in [0.1, 0.15) is 18.1 Å². The molecule has 10 heteroatoms. The van der Waals surface area contributed by atoms with E-state index >= 15 is 0 Å². The van der Waals surface area contributed by atoms with Gasteiger partial charge in [-0.2, -0.15) is 0 Å². The maximum atomic E-state index is 12.9. The fourth-order valence-electron chi connectivity index (χ4n) is 5.14. The molecule has 0 amide bonds. The third kappa shape index (κ3) is 9.61. The average molecular weight is 612 g/mol. The summed E-state index contributed by atoms with van der Waals surface area (Å²) in [5, 5.41) is 23.0. The summed E-state index contributed by atoms with van der Waals surface area (Å²) in [5.41, 5.74) is 3.01. The predicted octanol–water partition coefficient (Wildman–Crippen LogP) is 4.28. The predicted molar refractivity (Wildman–Crippen MR) is 163 cm³/mol. The molecule has 0 saturated heterocycles. The van der Waals surface area contributed by atoms with Crippen molar-refractivity contribution in [2.24, 2.45) is 0 Å². The lowest BCUT2D eigenvalue weighted by Gasteiger charge is -2.15. The van der Waals surface area contributed by atoms with Gasteiger partial charge in [-0.25, -0.2) is 8.42 Å². The molecule has 43 heavy (non-hydrogen) atoms. The molecule has 0 unspecified atom stereocenters. The van der Waals surface area contributed by atoms with Gasteiger partial charge in [0.05, 0.1) is 36.1 Å². The number of aliphatic hydroxyl groups excluding tert-OH is 2. The smallest absolute Gasteiger partial charge is 0.308 e. The molecule has 3 aromatic rings. The van der Waals surface area contributed by atoms with Crippen LogP contribution in [0.25, 0.3) is 0 Å². The van der Waals surface area contributed by atoms with Crippen molar-refractivity contribution in [2.45, 2.75) is 68.5 Å². The highest BCUT2D eigenvalue weighted by atomic mass is 32.2. The summed E-state index contributed by atoms with van der Waals surface area (Å²) in [6, 6.07) is 19.7. The summed E-state index contributed by atoms with van der Waals surface area (Å²) in [7, 11) is -3.28. The van der Waals surface area contributed by atoms with Gasteiger partial charge in [0.15, 0.2) is 9.84 Å². The number of hydrogen-bond acceptors (Lipinski definition) is 9. The van der Waals surface area contributed by atoms with Crippen LogP contribution in [0, 0.1) is 0 Å². The van der Waals surface area contributed by atoms with E-state index in [4.69, 9.17) is 14.2 Å². The van der Waals surface area contributed by atoms with E-state index in [-0.39, 0.29) is 17.6 Å². The number of aliphatic hydroxyl groups is 2. The number of nitrogens with one attached hydrogen (secondary N) is 1. The minimum atomic E-state index is -3.28. The van der Waals surface area contributed by atoms with Gasteiger partial charge in [0, 0.05) is 19.0 Å². The summed E-state index contributed by atoms with van der Waals surface area (Å²) < 4.78 is 42.3. The van der Waals surface area contributed by atoms with Crippen LogP contribution in [-0.2, 0) is 39.0 Å². The second-order valence-corrected chi connectivity index (χ2v) is 13.0. The van der Waals surface area contributed by atoms with Gasteiger partial charge in [-0.1, -0.05) is 43.2 Å². The molecule has 0 bridgehead atoms. The van der Waals surface area contributed by atoms with Gasteiger partial charge in [-0.05, 0) is 78.9 Å². The van der Waals surface area contributed by atoms with Crippen molar-refractivity contribution in [1.29, 1.82) is 0 Å². The molecule has 0 radical (unpaired) electrons. The lowest BCUT2D eigenvalue weighted by molar-refractivity contribution is -0.131. The molecule has 3 N–H and O–H groups in total.